The van der Waals surface area contributed by atoms with Crippen LogP contribution >= 0.6 is 0 Å². The van der Waals surface area contributed by atoms with Gasteiger partial charge < -0.3 is 9.88 Å². The Labute approximate surface area is 107 Å². The number of aromatic nitrogens is 3. The summed E-state index contributed by atoms with van der Waals surface area (Å²) in [5.41, 5.74) is 0. The average Bonchev–Trinajstić information content (AvgIpc) is 2.76. The lowest BCUT2D eigenvalue weighted by molar-refractivity contribution is 0.481. The van der Waals surface area contributed by atoms with Crippen molar-refractivity contribution in [1.29, 1.82) is 0 Å². The Balaban J connectivity index is 2.06. The van der Waals surface area contributed by atoms with E-state index in [1.165, 1.54) is 0 Å². The third-order valence-corrected chi connectivity index (χ3v) is 5.23. The van der Waals surface area contributed by atoms with Crippen LogP contribution in [0.4, 0.5) is 0 Å². The molecule has 2 N–H and O–H groups in total. The van der Waals surface area contributed by atoms with Gasteiger partial charge in [-0.1, -0.05) is 0 Å². The summed E-state index contributed by atoms with van der Waals surface area (Å²) in [5.74, 6) is 0.618. The molecule has 102 valence electrons. The Kier molecular flexibility index (Phi) is 3.98. The molecule has 0 aliphatic carbocycles. The molecule has 1 fully saturated rings. The molecule has 7 nitrogen and oxygen atoms in total. The molecule has 8 heteroatoms. The van der Waals surface area contributed by atoms with E-state index in [0.717, 1.165) is 13.1 Å². The maximum absolute atomic E-state index is 12.2. The number of hydrogen-bond donors (Lipinski definition) is 2. The Bertz CT molecular complexity index is 492. The van der Waals surface area contributed by atoms with E-state index in [-0.39, 0.29) is 11.3 Å². The van der Waals surface area contributed by atoms with Crippen molar-refractivity contribution in [2.24, 2.45) is 7.05 Å². The van der Waals surface area contributed by atoms with Gasteiger partial charge >= 0.3 is 0 Å². The zero-order chi connectivity index (χ0) is 13.2. The molecule has 1 aliphatic heterocycles. The molecule has 18 heavy (non-hydrogen) atoms. The molecule has 0 amide bonds. The highest BCUT2D eigenvalue weighted by Crippen LogP contribution is 2.16. The lowest BCUT2D eigenvalue weighted by atomic mass is 10.2. The fourth-order valence-corrected chi connectivity index (χ4v) is 3.83. The van der Waals surface area contributed by atoms with Crippen molar-refractivity contribution in [3.05, 3.63) is 12.2 Å². The lowest BCUT2D eigenvalue weighted by Crippen LogP contribution is -2.42. The zero-order valence-corrected chi connectivity index (χ0v) is 11.4. The van der Waals surface area contributed by atoms with E-state index in [2.05, 4.69) is 20.2 Å². The molecule has 1 saturated heterocycles. The van der Waals surface area contributed by atoms with E-state index >= 15 is 0 Å². The largest absolute Gasteiger partial charge is 0.319 e. The Morgan fingerprint density at radius 2 is 2.17 bits per heavy atom. The summed E-state index contributed by atoms with van der Waals surface area (Å²) < 4.78 is 28.8. The molecule has 0 saturated carbocycles. The predicted molar refractivity (Wildman–Crippen MR) is 67.4 cm³/mol. The number of rotatable bonds is 4. The van der Waals surface area contributed by atoms with Gasteiger partial charge in [-0.05, 0) is 32.9 Å². The predicted octanol–water partition coefficient (Wildman–Crippen LogP) is -0.452. The average molecular weight is 273 g/mol. The van der Waals surface area contributed by atoms with E-state index in [4.69, 9.17) is 0 Å². The summed E-state index contributed by atoms with van der Waals surface area (Å²) in [5, 5.41) is 10.5. The van der Waals surface area contributed by atoms with Crippen molar-refractivity contribution in [2.75, 3.05) is 13.1 Å². The fraction of sp³-hybridized carbons (Fsp3) is 0.800. The van der Waals surface area contributed by atoms with Gasteiger partial charge in [0.2, 0.25) is 10.0 Å². The molecular formula is C10H19N5O2S. The number of nitrogens with one attached hydrogen (secondary N) is 2. The Morgan fingerprint density at radius 3 is 2.72 bits per heavy atom. The first-order chi connectivity index (χ1) is 8.50. The summed E-state index contributed by atoms with van der Waals surface area (Å²) >= 11 is 0. The molecule has 0 spiro atoms. The van der Waals surface area contributed by atoms with Crippen LogP contribution in [0.15, 0.2) is 6.33 Å². The second kappa shape index (κ2) is 5.33. The van der Waals surface area contributed by atoms with Gasteiger partial charge in [0.15, 0.2) is 0 Å². The first-order valence-electron chi connectivity index (χ1n) is 6.06. The van der Waals surface area contributed by atoms with Crippen LogP contribution < -0.4 is 10.0 Å². The SMILES string of the molecule is CC(NS(=O)(=O)C1CCNCC1)c1nncn1C. The Hall–Kier alpha value is -0.990. The maximum atomic E-state index is 12.2. The van der Waals surface area contributed by atoms with Crippen LogP contribution in [0.1, 0.15) is 31.6 Å². The number of piperidine rings is 1. The van der Waals surface area contributed by atoms with Crippen molar-refractivity contribution < 1.29 is 8.42 Å². The van der Waals surface area contributed by atoms with Crippen LogP contribution in [0.5, 0.6) is 0 Å². The van der Waals surface area contributed by atoms with Crippen molar-refractivity contribution in [1.82, 2.24) is 24.8 Å². The van der Waals surface area contributed by atoms with Crippen LogP contribution in [0.25, 0.3) is 0 Å². The number of nitrogens with zero attached hydrogens (tertiary/aromatic N) is 3. The van der Waals surface area contributed by atoms with Crippen molar-refractivity contribution >= 4 is 10.0 Å². The molecule has 0 radical (unpaired) electrons. The van der Waals surface area contributed by atoms with Gasteiger partial charge in [0, 0.05) is 7.05 Å². The molecule has 1 atom stereocenters. The third-order valence-electron chi connectivity index (χ3n) is 3.20. The van der Waals surface area contributed by atoms with Gasteiger partial charge in [0.1, 0.15) is 12.2 Å². The smallest absolute Gasteiger partial charge is 0.215 e. The zero-order valence-electron chi connectivity index (χ0n) is 10.6. The summed E-state index contributed by atoms with van der Waals surface area (Å²) in [7, 11) is -1.50. The summed E-state index contributed by atoms with van der Waals surface area (Å²) in [6.07, 6.45) is 2.87. The summed E-state index contributed by atoms with van der Waals surface area (Å²) in [4.78, 5) is 0. The molecule has 1 aliphatic rings. The highest BCUT2D eigenvalue weighted by molar-refractivity contribution is 7.90. The minimum atomic E-state index is -3.30. The van der Waals surface area contributed by atoms with Crippen LogP contribution in [0.3, 0.4) is 0 Å². The topological polar surface area (TPSA) is 88.9 Å². The minimum Gasteiger partial charge on any atom is -0.319 e. The normalized spacial score (nSPS) is 19.9. The fourth-order valence-electron chi connectivity index (χ4n) is 2.19. The molecular weight excluding hydrogens is 254 g/mol. The van der Waals surface area contributed by atoms with Crippen LogP contribution in [-0.2, 0) is 17.1 Å². The molecule has 2 heterocycles. The number of hydrogen-bond acceptors (Lipinski definition) is 5. The maximum Gasteiger partial charge on any atom is 0.215 e. The van der Waals surface area contributed by atoms with Crippen LogP contribution in [0.2, 0.25) is 0 Å². The molecule has 1 aromatic rings. The number of aryl methyl sites for hydroxylation is 1. The Morgan fingerprint density at radius 1 is 1.50 bits per heavy atom. The van der Waals surface area contributed by atoms with Crippen LogP contribution in [-0.4, -0.2) is 41.5 Å². The molecule has 0 bridgehead atoms. The van der Waals surface area contributed by atoms with E-state index in [1.807, 2.05) is 0 Å². The van der Waals surface area contributed by atoms with Gasteiger partial charge in [-0.2, -0.15) is 0 Å². The van der Waals surface area contributed by atoms with E-state index in [0.29, 0.717) is 18.7 Å². The van der Waals surface area contributed by atoms with E-state index in [9.17, 15) is 8.42 Å². The van der Waals surface area contributed by atoms with Gasteiger partial charge in [-0.25, -0.2) is 13.1 Å². The minimum absolute atomic E-state index is 0.311. The third kappa shape index (κ3) is 2.88. The molecule has 2 rings (SSSR count). The van der Waals surface area contributed by atoms with Gasteiger partial charge in [0.05, 0.1) is 11.3 Å². The second-order valence-electron chi connectivity index (χ2n) is 4.63. The quantitative estimate of drug-likeness (QED) is 0.775. The summed E-state index contributed by atoms with van der Waals surface area (Å²) in [6, 6.07) is -0.364. The van der Waals surface area contributed by atoms with Crippen molar-refractivity contribution in [2.45, 2.75) is 31.1 Å². The number of sulfonamides is 1. The van der Waals surface area contributed by atoms with Gasteiger partial charge in [-0.15, -0.1) is 10.2 Å². The van der Waals surface area contributed by atoms with Crippen molar-refractivity contribution in [3.8, 4) is 0 Å². The van der Waals surface area contributed by atoms with Gasteiger partial charge in [-0.3, -0.25) is 0 Å². The molecule has 1 aromatic heterocycles. The van der Waals surface area contributed by atoms with Gasteiger partial charge in [0.25, 0.3) is 0 Å². The highest BCUT2D eigenvalue weighted by atomic mass is 32.2. The molecule has 0 aromatic carbocycles. The van der Waals surface area contributed by atoms with Crippen molar-refractivity contribution in [3.63, 3.8) is 0 Å². The first-order valence-corrected chi connectivity index (χ1v) is 7.61. The standard InChI is InChI=1S/C10H19N5O2S/c1-8(10-13-12-7-15(10)2)14-18(16,17)9-3-5-11-6-4-9/h7-9,11,14H,3-6H2,1-2H3. The second-order valence-corrected chi connectivity index (χ2v) is 6.63. The highest BCUT2D eigenvalue weighted by Gasteiger charge is 2.29. The monoisotopic (exact) mass is 273 g/mol. The molecule has 1 unspecified atom stereocenters. The van der Waals surface area contributed by atoms with E-state index in [1.54, 1.807) is 24.9 Å². The lowest BCUT2D eigenvalue weighted by Gasteiger charge is -2.24. The summed E-state index contributed by atoms with van der Waals surface area (Å²) in [6.45, 7) is 3.29. The van der Waals surface area contributed by atoms with Crippen LogP contribution in [0, 0.1) is 0 Å². The van der Waals surface area contributed by atoms with E-state index < -0.39 is 10.0 Å². The first kappa shape index (κ1) is 13.4.